The van der Waals surface area contributed by atoms with Crippen LogP contribution < -0.4 is 50.2 Å². The summed E-state index contributed by atoms with van der Waals surface area (Å²) < 4.78 is 14.3. The summed E-state index contributed by atoms with van der Waals surface area (Å²) in [5, 5.41) is 16.8. The van der Waals surface area contributed by atoms with Gasteiger partial charge in [-0.25, -0.2) is 4.39 Å². The second-order valence-electron chi connectivity index (χ2n) is 8.39. The predicted molar refractivity (Wildman–Crippen MR) is 129 cm³/mol. The van der Waals surface area contributed by atoms with E-state index in [0.717, 1.165) is 36.3 Å². The molecule has 0 spiro atoms. The Morgan fingerprint density at radius 3 is 2.51 bits per heavy atom. The van der Waals surface area contributed by atoms with Crippen molar-refractivity contribution in [2.75, 3.05) is 28.6 Å². The molecule has 1 amide bonds. The van der Waals surface area contributed by atoms with Crippen molar-refractivity contribution < 1.29 is 48.6 Å². The van der Waals surface area contributed by atoms with Gasteiger partial charge in [-0.15, -0.1) is 0 Å². The van der Waals surface area contributed by atoms with Crippen LogP contribution in [0.25, 0.3) is 0 Å². The quantitative estimate of drug-likeness (QED) is 0.434. The van der Waals surface area contributed by atoms with E-state index in [-0.39, 0.29) is 54.9 Å². The van der Waals surface area contributed by atoms with Crippen LogP contribution in [0.5, 0.6) is 0 Å². The molecule has 0 radical (unpaired) electrons. The SMILES string of the molecule is O=C([O-])CCc1ccc(NCc2cccc3c2CCCN3CC(=O)Nc2ccccc2)cc1F.[Na+]. The molecule has 1 heterocycles. The third-order valence-electron chi connectivity index (χ3n) is 5.97. The molecule has 3 aromatic rings. The van der Waals surface area contributed by atoms with Crippen LogP contribution in [0.3, 0.4) is 0 Å². The van der Waals surface area contributed by atoms with Gasteiger partial charge in [0, 0.05) is 36.1 Å². The molecule has 0 bridgehead atoms. The summed E-state index contributed by atoms with van der Waals surface area (Å²) in [4.78, 5) is 25.3. The molecule has 8 heteroatoms. The molecule has 35 heavy (non-hydrogen) atoms. The van der Waals surface area contributed by atoms with Crippen molar-refractivity contribution in [2.24, 2.45) is 0 Å². The van der Waals surface area contributed by atoms with Gasteiger partial charge < -0.3 is 25.4 Å². The summed E-state index contributed by atoms with van der Waals surface area (Å²) in [6, 6.07) is 20.2. The van der Waals surface area contributed by atoms with E-state index in [4.69, 9.17) is 0 Å². The van der Waals surface area contributed by atoms with E-state index < -0.39 is 11.8 Å². The number of para-hydroxylation sites is 1. The number of hydrogen-bond acceptors (Lipinski definition) is 5. The molecule has 6 nitrogen and oxygen atoms in total. The number of amides is 1. The van der Waals surface area contributed by atoms with Gasteiger partial charge in [-0.2, -0.15) is 0 Å². The number of nitrogens with zero attached hydrogens (tertiary/aromatic N) is 1. The molecular weight excluding hydrogens is 456 g/mol. The Labute approximate surface area is 226 Å². The maximum absolute atomic E-state index is 14.3. The number of carboxylic acid groups (broad SMARTS) is 1. The third-order valence-corrected chi connectivity index (χ3v) is 5.97. The molecule has 4 rings (SSSR count). The minimum Gasteiger partial charge on any atom is -0.550 e. The van der Waals surface area contributed by atoms with Crippen LogP contribution in [-0.2, 0) is 29.0 Å². The van der Waals surface area contributed by atoms with Gasteiger partial charge in [0.1, 0.15) is 5.82 Å². The monoisotopic (exact) mass is 483 g/mol. The predicted octanol–water partition coefficient (Wildman–Crippen LogP) is 0.516. The van der Waals surface area contributed by atoms with Crippen LogP contribution >= 0.6 is 0 Å². The summed E-state index contributed by atoms with van der Waals surface area (Å²) in [5.74, 6) is -1.68. The normalized spacial score (nSPS) is 12.3. The Morgan fingerprint density at radius 1 is 0.971 bits per heavy atom. The fraction of sp³-hybridized carbons (Fsp3) is 0.259. The van der Waals surface area contributed by atoms with Crippen molar-refractivity contribution in [1.82, 2.24) is 0 Å². The Kier molecular flexibility index (Phi) is 9.72. The molecule has 2 N–H and O–H groups in total. The zero-order chi connectivity index (χ0) is 23.9. The van der Waals surface area contributed by atoms with E-state index >= 15 is 0 Å². The molecule has 0 atom stereocenters. The zero-order valence-corrected chi connectivity index (χ0v) is 21.9. The van der Waals surface area contributed by atoms with Crippen LogP contribution in [0.2, 0.25) is 0 Å². The largest absolute Gasteiger partial charge is 1.00 e. The maximum atomic E-state index is 14.3. The van der Waals surface area contributed by atoms with E-state index in [1.165, 1.54) is 11.6 Å². The molecule has 0 saturated carbocycles. The van der Waals surface area contributed by atoms with Crippen molar-refractivity contribution in [2.45, 2.75) is 32.2 Å². The molecule has 176 valence electrons. The Bertz CT molecular complexity index is 1170. The van der Waals surface area contributed by atoms with Crippen molar-refractivity contribution in [3.8, 4) is 0 Å². The summed E-state index contributed by atoms with van der Waals surface area (Å²) in [6.07, 6.45) is 1.76. The summed E-state index contributed by atoms with van der Waals surface area (Å²) in [6.45, 7) is 1.60. The van der Waals surface area contributed by atoms with Gasteiger partial charge in [0.25, 0.3) is 0 Å². The standard InChI is InChI=1S/C27H28FN3O3.Na/c28-24-16-22(13-11-19(24)12-14-27(33)34)29-17-20-6-4-10-25-23(20)9-5-15-31(25)18-26(32)30-21-7-2-1-3-8-21;/h1-4,6-8,10-11,13,16,29H,5,9,12,14-15,17-18H2,(H,30,32)(H,33,34);/q;+1/p-1. The molecular formula is C27H27FN3NaO3. The van der Waals surface area contributed by atoms with E-state index in [2.05, 4.69) is 15.5 Å². The topological polar surface area (TPSA) is 84.5 Å². The minimum atomic E-state index is -1.19. The van der Waals surface area contributed by atoms with Crippen molar-refractivity contribution >= 4 is 28.9 Å². The summed E-state index contributed by atoms with van der Waals surface area (Å²) in [5.41, 5.74) is 5.11. The number of benzene rings is 3. The summed E-state index contributed by atoms with van der Waals surface area (Å²) >= 11 is 0. The van der Waals surface area contributed by atoms with Crippen LogP contribution in [0.1, 0.15) is 29.5 Å². The van der Waals surface area contributed by atoms with Crippen molar-refractivity contribution in [3.05, 3.63) is 89.2 Å². The van der Waals surface area contributed by atoms with Gasteiger partial charge >= 0.3 is 29.6 Å². The van der Waals surface area contributed by atoms with Gasteiger partial charge in [-0.3, -0.25) is 4.79 Å². The number of fused-ring (bicyclic) bond motifs is 1. The van der Waals surface area contributed by atoms with E-state index in [1.54, 1.807) is 12.1 Å². The zero-order valence-electron chi connectivity index (χ0n) is 19.9. The van der Waals surface area contributed by atoms with E-state index in [9.17, 15) is 19.1 Å². The Morgan fingerprint density at radius 2 is 1.77 bits per heavy atom. The molecule has 0 fully saturated rings. The first-order valence-corrected chi connectivity index (χ1v) is 11.4. The Hall–Kier alpha value is -2.87. The minimum absolute atomic E-state index is 0. The smallest absolute Gasteiger partial charge is 0.550 e. The number of aryl methyl sites for hydroxylation is 1. The average Bonchev–Trinajstić information content (AvgIpc) is 2.83. The number of nitrogens with one attached hydrogen (secondary N) is 2. The molecule has 1 aliphatic heterocycles. The van der Waals surface area contributed by atoms with Gasteiger partial charge in [0.05, 0.1) is 6.54 Å². The second kappa shape index (κ2) is 12.7. The van der Waals surface area contributed by atoms with Crippen LogP contribution in [0.15, 0.2) is 66.7 Å². The van der Waals surface area contributed by atoms with E-state index in [0.29, 0.717) is 17.8 Å². The number of halogens is 1. The second-order valence-corrected chi connectivity index (χ2v) is 8.39. The fourth-order valence-corrected chi connectivity index (χ4v) is 4.29. The summed E-state index contributed by atoms with van der Waals surface area (Å²) in [7, 11) is 0. The molecule has 3 aromatic carbocycles. The van der Waals surface area contributed by atoms with Crippen molar-refractivity contribution in [3.63, 3.8) is 0 Å². The van der Waals surface area contributed by atoms with Crippen LogP contribution in [-0.4, -0.2) is 25.0 Å². The maximum Gasteiger partial charge on any atom is 1.00 e. The van der Waals surface area contributed by atoms with E-state index in [1.807, 2.05) is 48.5 Å². The molecule has 1 aliphatic rings. The first-order valence-electron chi connectivity index (χ1n) is 11.4. The van der Waals surface area contributed by atoms with Crippen LogP contribution in [0, 0.1) is 5.82 Å². The van der Waals surface area contributed by atoms with Gasteiger partial charge in [-0.1, -0.05) is 36.4 Å². The Balaban J connectivity index is 0.00000342. The first kappa shape index (κ1) is 26.7. The molecule has 0 aliphatic carbocycles. The molecule has 0 saturated heterocycles. The number of carbonyl (C=O) groups excluding carboxylic acids is 2. The van der Waals surface area contributed by atoms with Gasteiger partial charge in [0.2, 0.25) is 5.91 Å². The molecule has 0 unspecified atom stereocenters. The number of rotatable bonds is 9. The van der Waals surface area contributed by atoms with Crippen LogP contribution in [0.4, 0.5) is 21.5 Å². The fourth-order valence-electron chi connectivity index (χ4n) is 4.29. The third kappa shape index (κ3) is 7.31. The van der Waals surface area contributed by atoms with Gasteiger partial charge in [-0.05, 0) is 72.7 Å². The number of aliphatic carboxylic acids is 1. The van der Waals surface area contributed by atoms with Crippen molar-refractivity contribution in [1.29, 1.82) is 0 Å². The van der Waals surface area contributed by atoms with Gasteiger partial charge in [0.15, 0.2) is 0 Å². The number of anilines is 3. The number of hydrogen-bond donors (Lipinski definition) is 2. The molecule has 0 aromatic heterocycles. The first-order chi connectivity index (χ1) is 16.5. The average molecular weight is 484 g/mol. The number of carbonyl (C=O) groups is 2. The number of carboxylic acids is 1.